The Morgan fingerprint density at radius 2 is 1.96 bits per heavy atom. The Morgan fingerprint density at radius 1 is 1.24 bits per heavy atom. The summed E-state index contributed by atoms with van der Waals surface area (Å²) in [7, 11) is 0. The van der Waals surface area contributed by atoms with E-state index in [2.05, 4.69) is 15.6 Å². The van der Waals surface area contributed by atoms with Crippen molar-refractivity contribution in [1.29, 1.82) is 0 Å². The van der Waals surface area contributed by atoms with Crippen molar-refractivity contribution >= 4 is 45.9 Å². The molecule has 2 rings (SSSR count). The predicted molar refractivity (Wildman–Crippen MR) is 95.2 cm³/mol. The SMILES string of the molecule is CCOC(=O)CNC(=O)c1sc(NC(=O)c2ccccc2Cl)nc1C. The van der Waals surface area contributed by atoms with Gasteiger partial charge in [-0.15, -0.1) is 0 Å². The third-order valence-corrected chi connectivity index (χ3v) is 4.44. The molecule has 25 heavy (non-hydrogen) atoms. The fourth-order valence-corrected chi connectivity index (χ4v) is 3.01. The molecule has 0 saturated heterocycles. The topological polar surface area (TPSA) is 97.4 Å². The highest BCUT2D eigenvalue weighted by atomic mass is 35.5. The largest absolute Gasteiger partial charge is 0.465 e. The molecule has 7 nitrogen and oxygen atoms in total. The van der Waals surface area contributed by atoms with Gasteiger partial charge in [0.25, 0.3) is 11.8 Å². The van der Waals surface area contributed by atoms with Gasteiger partial charge in [-0.3, -0.25) is 19.7 Å². The van der Waals surface area contributed by atoms with Crippen molar-refractivity contribution in [3.05, 3.63) is 45.4 Å². The number of ether oxygens (including phenoxy) is 1. The highest BCUT2D eigenvalue weighted by Crippen LogP contribution is 2.24. The van der Waals surface area contributed by atoms with Gasteiger partial charge in [-0.2, -0.15) is 0 Å². The highest BCUT2D eigenvalue weighted by molar-refractivity contribution is 7.17. The molecule has 0 spiro atoms. The molecule has 0 unspecified atom stereocenters. The van der Waals surface area contributed by atoms with E-state index in [1.807, 2.05) is 0 Å². The molecule has 0 atom stereocenters. The number of hydrogen-bond acceptors (Lipinski definition) is 6. The maximum atomic E-state index is 12.2. The lowest BCUT2D eigenvalue weighted by Gasteiger charge is -2.04. The average Bonchev–Trinajstić information content (AvgIpc) is 2.93. The minimum Gasteiger partial charge on any atom is -0.465 e. The molecule has 0 fully saturated rings. The summed E-state index contributed by atoms with van der Waals surface area (Å²) in [4.78, 5) is 40.1. The van der Waals surface area contributed by atoms with E-state index in [9.17, 15) is 14.4 Å². The first-order valence-electron chi connectivity index (χ1n) is 7.39. The number of nitrogens with zero attached hydrogens (tertiary/aromatic N) is 1. The van der Waals surface area contributed by atoms with Crippen LogP contribution in [0.2, 0.25) is 5.02 Å². The Morgan fingerprint density at radius 3 is 2.64 bits per heavy atom. The zero-order valence-electron chi connectivity index (χ0n) is 13.6. The molecule has 1 aromatic heterocycles. The van der Waals surface area contributed by atoms with E-state index in [1.165, 1.54) is 0 Å². The Labute approximate surface area is 153 Å². The van der Waals surface area contributed by atoms with Crippen molar-refractivity contribution in [1.82, 2.24) is 10.3 Å². The van der Waals surface area contributed by atoms with Crippen LogP contribution in [0.1, 0.15) is 32.6 Å². The molecule has 0 radical (unpaired) electrons. The molecule has 0 saturated carbocycles. The fraction of sp³-hybridized carbons (Fsp3) is 0.250. The Balaban J connectivity index is 2.04. The number of aryl methyl sites for hydroxylation is 1. The average molecular weight is 382 g/mol. The van der Waals surface area contributed by atoms with Crippen LogP contribution in [0.4, 0.5) is 5.13 Å². The number of hydrogen-bond donors (Lipinski definition) is 2. The monoisotopic (exact) mass is 381 g/mol. The van der Waals surface area contributed by atoms with Crippen molar-refractivity contribution in [2.75, 3.05) is 18.5 Å². The molecule has 132 valence electrons. The zero-order valence-corrected chi connectivity index (χ0v) is 15.2. The molecule has 9 heteroatoms. The van der Waals surface area contributed by atoms with Crippen LogP contribution in [0, 0.1) is 6.92 Å². The molecular formula is C16H16ClN3O4S. The third-order valence-electron chi connectivity index (χ3n) is 3.04. The van der Waals surface area contributed by atoms with Gasteiger partial charge in [0.05, 0.1) is 22.9 Å². The summed E-state index contributed by atoms with van der Waals surface area (Å²) >= 11 is 6.99. The predicted octanol–water partition coefficient (Wildman–Crippen LogP) is 2.65. The minimum atomic E-state index is -0.523. The van der Waals surface area contributed by atoms with Crippen molar-refractivity contribution in [2.24, 2.45) is 0 Å². The number of carbonyl (C=O) groups excluding carboxylic acids is 3. The fourth-order valence-electron chi connectivity index (χ4n) is 1.92. The number of anilines is 1. The summed E-state index contributed by atoms with van der Waals surface area (Å²) in [5.41, 5.74) is 0.756. The van der Waals surface area contributed by atoms with E-state index in [0.717, 1.165) is 11.3 Å². The summed E-state index contributed by atoms with van der Waals surface area (Å²) in [5, 5.41) is 5.66. The number of halogens is 1. The third kappa shape index (κ3) is 5.01. The number of carbonyl (C=O) groups is 3. The standard InChI is InChI=1S/C16H16ClN3O4S/c1-3-24-12(21)8-18-15(23)13-9(2)19-16(25-13)20-14(22)10-6-4-5-7-11(10)17/h4-7H,3,8H2,1-2H3,(H,18,23)(H,19,20,22). The van der Waals surface area contributed by atoms with Crippen LogP contribution in [0.25, 0.3) is 0 Å². The van der Waals surface area contributed by atoms with Gasteiger partial charge in [0.1, 0.15) is 11.4 Å². The number of thiazole rings is 1. The van der Waals surface area contributed by atoms with E-state index >= 15 is 0 Å². The number of benzene rings is 1. The number of aromatic nitrogens is 1. The molecule has 0 aliphatic heterocycles. The van der Waals surface area contributed by atoms with E-state index in [0.29, 0.717) is 21.2 Å². The first-order valence-corrected chi connectivity index (χ1v) is 8.59. The first-order chi connectivity index (χ1) is 11.9. The molecule has 2 N–H and O–H groups in total. The normalized spacial score (nSPS) is 10.2. The van der Waals surface area contributed by atoms with Gasteiger partial charge in [-0.25, -0.2) is 4.98 Å². The lowest BCUT2D eigenvalue weighted by atomic mass is 10.2. The van der Waals surface area contributed by atoms with Gasteiger partial charge >= 0.3 is 5.97 Å². The lowest BCUT2D eigenvalue weighted by molar-refractivity contribution is -0.141. The first kappa shape index (κ1) is 18.9. The molecular weight excluding hydrogens is 366 g/mol. The smallest absolute Gasteiger partial charge is 0.325 e. The van der Waals surface area contributed by atoms with Gasteiger partial charge in [-0.05, 0) is 26.0 Å². The van der Waals surface area contributed by atoms with Crippen LogP contribution in [-0.2, 0) is 9.53 Å². The van der Waals surface area contributed by atoms with E-state index in [1.54, 1.807) is 38.1 Å². The summed E-state index contributed by atoms with van der Waals surface area (Å²) < 4.78 is 4.74. The summed E-state index contributed by atoms with van der Waals surface area (Å²) in [6, 6.07) is 6.61. The van der Waals surface area contributed by atoms with Crippen molar-refractivity contribution in [3.8, 4) is 0 Å². The van der Waals surface area contributed by atoms with Gasteiger partial charge in [0, 0.05) is 0 Å². The van der Waals surface area contributed by atoms with Gasteiger partial charge in [-0.1, -0.05) is 35.1 Å². The second-order valence-corrected chi connectivity index (χ2v) is 6.26. The minimum absolute atomic E-state index is 0.231. The highest BCUT2D eigenvalue weighted by Gasteiger charge is 2.18. The molecule has 2 aromatic rings. The van der Waals surface area contributed by atoms with Gasteiger partial charge < -0.3 is 10.1 Å². The van der Waals surface area contributed by atoms with Crippen LogP contribution in [0.3, 0.4) is 0 Å². The molecule has 1 heterocycles. The molecule has 2 amide bonds. The van der Waals surface area contributed by atoms with Crippen LogP contribution in [-0.4, -0.2) is 35.9 Å². The van der Waals surface area contributed by atoms with E-state index in [-0.39, 0.29) is 18.3 Å². The number of esters is 1. The maximum absolute atomic E-state index is 12.2. The quantitative estimate of drug-likeness (QED) is 0.749. The number of nitrogens with one attached hydrogen (secondary N) is 2. The van der Waals surface area contributed by atoms with Gasteiger partial charge in [0.2, 0.25) is 0 Å². The van der Waals surface area contributed by atoms with Crippen LogP contribution < -0.4 is 10.6 Å². The van der Waals surface area contributed by atoms with Crippen molar-refractivity contribution in [3.63, 3.8) is 0 Å². The van der Waals surface area contributed by atoms with E-state index < -0.39 is 17.8 Å². The molecule has 0 bridgehead atoms. The van der Waals surface area contributed by atoms with Crippen molar-refractivity contribution in [2.45, 2.75) is 13.8 Å². The number of amides is 2. The Kier molecular flexibility index (Phi) is 6.49. The Bertz CT molecular complexity index is 806. The maximum Gasteiger partial charge on any atom is 0.325 e. The van der Waals surface area contributed by atoms with Crippen LogP contribution >= 0.6 is 22.9 Å². The second kappa shape index (κ2) is 8.59. The van der Waals surface area contributed by atoms with Gasteiger partial charge in [0.15, 0.2) is 5.13 Å². The summed E-state index contributed by atoms with van der Waals surface area (Å²) in [6.45, 7) is 3.33. The molecule has 0 aliphatic rings. The second-order valence-electron chi connectivity index (χ2n) is 4.86. The van der Waals surface area contributed by atoms with Crippen LogP contribution in [0.5, 0.6) is 0 Å². The zero-order chi connectivity index (χ0) is 18.4. The Hall–Kier alpha value is -2.45. The molecule has 1 aromatic carbocycles. The number of rotatable bonds is 6. The molecule has 0 aliphatic carbocycles. The van der Waals surface area contributed by atoms with Crippen LogP contribution in [0.15, 0.2) is 24.3 Å². The summed E-state index contributed by atoms with van der Waals surface area (Å²) in [6.07, 6.45) is 0. The summed E-state index contributed by atoms with van der Waals surface area (Å²) in [5.74, 6) is -1.40. The van der Waals surface area contributed by atoms with E-state index in [4.69, 9.17) is 16.3 Å². The lowest BCUT2D eigenvalue weighted by Crippen LogP contribution is -2.30. The van der Waals surface area contributed by atoms with Crippen molar-refractivity contribution < 1.29 is 19.1 Å².